The molecule has 1 aliphatic rings. The van der Waals surface area contributed by atoms with Gasteiger partial charge in [-0.3, -0.25) is 0 Å². The van der Waals surface area contributed by atoms with Gasteiger partial charge in [-0.1, -0.05) is 18.2 Å². The summed E-state index contributed by atoms with van der Waals surface area (Å²) < 4.78 is 0. The van der Waals surface area contributed by atoms with E-state index < -0.39 is 0 Å². The molecule has 1 heterocycles. The van der Waals surface area contributed by atoms with Crippen molar-refractivity contribution in [1.82, 2.24) is 10.2 Å². The Morgan fingerprint density at radius 3 is 3.08 bits per heavy atom. The molecule has 67 valence electrons. The molecule has 0 aromatic heterocycles. The van der Waals surface area contributed by atoms with Crippen molar-refractivity contribution in [1.29, 1.82) is 0 Å². The van der Waals surface area contributed by atoms with Crippen molar-refractivity contribution < 1.29 is 0 Å². The molecule has 1 fully saturated rings. The molecule has 3 heteroatoms. The number of guanidine groups is 1. The second kappa shape index (κ2) is 3.47. The lowest BCUT2D eigenvalue weighted by molar-refractivity contribution is 0.563. The Bertz CT molecular complexity index is 305. The second-order valence-electron chi connectivity index (χ2n) is 3.03. The van der Waals surface area contributed by atoms with E-state index in [0.29, 0.717) is 0 Å². The van der Waals surface area contributed by atoms with Gasteiger partial charge in [0.25, 0.3) is 0 Å². The number of likely N-dealkylation sites (N-methyl/N-ethyl adjacent to an activating group) is 1. The maximum absolute atomic E-state index is 4.42. The van der Waals surface area contributed by atoms with E-state index in [1.807, 2.05) is 31.3 Å². The maximum atomic E-state index is 4.42. The molecular formula is C10H12N3. The van der Waals surface area contributed by atoms with Gasteiger partial charge in [0.05, 0.1) is 5.69 Å². The summed E-state index contributed by atoms with van der Waals surface area (Å²) in [6.07, 6.45) is 0. The zero-order valence-electron chi connectivity index (χ0n) is 7.62. The molecule has 0 amide bonds. The summed E-state index contributed by atoms with van der Waals surface area (Å²) in [5.41, 5.74) is 0.874. The summed E-state index contributed by atoms with van der Waals surface area (Å²) in [6.45, 7) is 1.99. The Balaban J connectivity index is 2.20. The summed E-state index contributed by atoms with van der Waals surface area (Å²) in [5, 5.41) is 3.21. The molecule has 0 unspecified atom stereocenters. The van der Waals surface area contributed by atoms with Crippen molar-refractivity contribution in [3.8, 4) is 0 Å². The highest BCUT2D eigenvalue weighted by atomic mass is 15.3. The molecule has 13 heavy (non-hydrogen) atoms. The van der Waals surface area contributed by atoms with Gasteiger partial charge < -0.3 is 10.2 Å². The molecule has 0 bridgehead atoms. The number of hydrogen-bond donors (Lipinski definition) is 1. The Kier molecular flexibility index (Phi) is 2.17. The van der Waals surface area contributed by atoms with Crippen LogP contribution in [0.3, 0.4) is 0 Å². The Hall–Kier alpha value is -1.51. The first-order chi connectivity index (χ1) is 6.36. The van der Waals surface area contributed by atoms with Gasteiger partial charge in [-0.2, -0.15) is 0 Å². The van der Waals surface area contributed by atoms with Gasteiger partial charge in [0.15, 0.2) is 5.96 Å². The van der Waals surface area contributed by atoms with Gasteiger partial charge in [-0.15, -0.1) is 0 Å². The lowest BCUT2D eigenvalue weighted by atomic mass is 10.3. The van der Waals surface area contributed by atoms with Crippen LogP contribution in [-0.2, 0) is 0 Å². The number of rotatable bonds is 1. The number of para-hydroxylation sites is 1. The topological polar surface area (TPSA) is 27.6 Å². The molecule has 1 saturated heterocycles. The monoisotopic (exact) mass is 174 g/mol. The predicted octanol–water partition coefficient (Wildman–Crippen LogP) is 1.01. The first-order valence-electron chi connectivity index (χ1n) is 4.37. The van der Waals surface area contributed by atoms with E-state index in [-0.39, 0.29) is 0 Å². The molecule has 0 atom stereocenters. The van der Waals surface area contributed by atoms with Crippen LogP contribution in [0.2, 0.25) is 0 Å². The molecule has 1 N–H and O–H groups in total. The van der Waals surface area contributed by atoms with Crippen LogP contribution in [0.5, 0.6) is 0 Å². The minimum atomic E-state index is 0.874. The minimum absolute atomic E-state index is 0.874. The maximum Gasteiger partial charge on any atom is 0.199 e. The minimum Gasteiger partial charge on any atom is -0.354 e. The molecule has 1 radical (unpaired) electrons. The van der Waals surface area contributed by atoms with Crippen LogP contribution in [-0.4, -0.2) is 31.0 Å². The van der Waals surface area contributed by atoms with E-state index >= 15 is 0 Å². The fourth-order valence-electron chi connectivity index (χ4n) is 1.27. The van der Waals surface area contributed by atoms with E-state index in [2.05, 4.69) is 21.3 Å². The second-order valence-corrected chi connectivity index (χ2v) is 3.03. The fourth-order valence-corrected chi connectivity index (χ4v) is 1.27. The van der Waals surface area contributed by atoms with Crippen LogP contribution in [0.15, 0.2) is 29.3 Å². The first-order valence-corrected chi connectivity index (χ1v) is 4.37. The van der Waals surface area contributed by atoms with Crippen molar-refractivity contribution in [3.05, 3.63) is 30.3 Å². The molecule has 1 aromatic rings. The summed E-state index contributed by atoms with van der Waals surface area (Å²) in [6, 6.07) is 10.8. The predicted molar refractivity (Wildman–Crippen MR) is 53.0 cm³/mol. The number of hydrogen-bond acceptors (Lipinski definition) is 1. The number of nitrogens with one attached hydrogen (secondary N) is 1. The molecule has 1 aromatic carbocycles. The molecule has 3 nitrogen and oxygen atoms in total. The largest absolute Gasteiger partial charge is 0.354 e. The van der Waals surface area contributed by atoms with Crippen LogP contribution in [0, 0.1) is 6.07 Å². The average Bonchev–Trinajstić information content (AvgIpc) is 2.54. The van der Waals surface area contributed by atoms with E-state index in [1.165, 1.54) is 0 Å². The van der Waals surface area contributed by atoms with E-state index in [4.69, 9.17) is 0 Å². The normalized spacial score (nSPS) is 19.2. The average molecular weight is 174 g/mol. The van der Waals surface area contributed by atoms with E-state index in [0.717, 1.165) is 24.7 Å². The summed E-state index contributed by atoms with van der Waals surface area (Å²) in [4.78, 5) is 6.51. The number of benzene rings is 1. The molecular weight excluding hydrogens is 162 g/mol. The number of nitrogens with zero attached hydrogens (tertiary/aromatic N) is 2. The zero-order chi connectivity index (χ0) is 9.10. The van der Waals surface area contributed by atoms with Crippen molar-refractivity contribution in [2.75, 3.05) is 20.1 Å². The molecule has 2 rings (SSSR count). The lowest BCUT2D eigenvalue weighted by Crippen LogP contribution is -2.25. The molecule has 0 spiro atoms. The summed E-state index contributed by atoms with van der Waals surface area (Å²) >= 11 is 0. The third-order valence-corrected chi connectivity index (χ3v) is 2.01. The van der Waals surface area contributed by atoms with Crippen LogP contribution >= 0.6 is 0 Å². The third kappa shape index (κ3) is 1.80. The number of aliphatic imine (C=N–C) groups is 1. The SMILES string of the molecule is CN1CCNC1=Nc1[c]cccc1. The molecule has 1 aliphatic heterocycles. The highest BCUT2D eigenvalue weighted by Gasteiger charge is 2.12. The van der Waals surface area contributed by atoms with Gasteiger partial charge in [0, 0.05) is 26.2 Å². The van der Waals surface area contributed by atoms with Gasteiger partial charge in [-0.05, 0) is 6.07 Å². The standard InChI is InChI=1S/C10H12N3/c1-13-8-7-11-10(13)12-9-5-3-2-4-6-9/h2-5H,7-8H2,1H3,(H,11,12). The smallest absolute Gasteiger partial charge is 0.199 e. The van der Waals surface area contributed by atoms with Crippen LogP contribution in [0.25, 0.3) is 0 Å². The van der Waals surface area contributed by atoms with Crippen LogP contribution in [0.4, 0.5) is 5.69 Å². The van der Waals surface area contributed by atoms with Crippen LogP contribution in [0.1, 0.15) is 0 Å². The lowest BCUT2D eigenvalue weighted by Gasteiger charge is -2.09. The van der Waals surface area contributed by atoms with Gasteiger partial charge in [0.2, 0.25) is 0 Å². The summed E-state index contributed by atoms with van der Waals surface area (Å²) in [5.74, 6) is 0.933. The van der Waals surface area contributed by atoms with E-state index in [9.17, 15) is 0 Å². The van der Waals surface area contributed by atoms with Crippen molar-refractivity contribution >= 4 is 11.6 Å². The van der Waals surface area contributed by atoms with Crippen LogP contribution < -0.4 is 5.32 Å². The van der Waals surface area contributed by atoms with Gasteiger partial charge in [0.1, 0.15) is 0 Å². The summed E-state index contributed by atoms with van der Waals surface area (Å²) in [7, 11) is 2.03. The Morgan fingerprint density at radius 1 is 1.54 bits per heavy atom. The highest BCUT2D eigenvalue weighted by Crippen LogP contribution is 2.10. The first kappa shape index (κ1) is 8.10. The molecule has 0 aliphatic carbocycles. The van der Waals surface area contributed by atoms with Gasteiger partial charge >= 0.3 is 0 Å². The van der Waals surface area contributed by atoms with Crippen molar-refractivity contribution in [3.63, 3.8) is 0 Å². The fraction of sp³-hybridized carbons (Fsp3) is 0.300. The van der Waals surface area contributed by atoms with Crippen molar-refractivity contribution in [2.24, 2.45) is 4.99 Å². The third-order valence-electron chi connectivity index (χ3n) is 2.01. The van der Waals surface area contributed by atoms with E-state index in [1.54, 1.807) is 0 Å². The van der Waals surface area contributed by atoms with Gasteiger partial charge in [-0.25, -0.2) is 4.99 Å². The Morgan fingerprint density at radius 2 is 2.46 bits per heavy atom. The highest BCUT2D eigenvalue weighted by molar-refractivity contribution is 5.84. The zero-order valence-corrected chi connectivity index (χ0v) is 7.62. The quantitative estimate of drug-likeness (QED) is 0.688. The van der Waals surface area contributed by atoms with Crippen molar-refractivity contribution in [2.45, 2.75) is 0 Å². The Labute approximate surface area is 78.1 Å². The molecule has 0 saturated carbocycles.